The van der Waals surface area contributed by atoms with Crippen LogP contribution in [0.4, 0.5) is 5.69 Å². The number of hydrazone groups is 1. The van der Waals surface area contributed by atoms with E-state index in [1.807, 2.05) is 42.5 Å². The third kappa shape index (κ3) is 6.17. The highest BCUT2D eigenvalue weighted by atomic mass is 79.9. The smallest absolute Gasteiger partial charge is 0.259 e. The summed E-state index contributed by atoms with van der Waals surface area (Å²) in [5.74, 6) is 2.25. The van der Waals surface area contributed by atoms with E-state index in [9.17, 15) is 4.79 Å². The van der Waals surface area contributed by atoms with Crippen molar-refractivity contribution in [2.45, 2.75) is 6.61 Å². The lowest BCUT2D eigenvalue weighted by Gasteiger charge is -2.11. The molecule has 8 nitrogen and oxygen atoms in total. The lowest BCUT2D eigenvalue weighted by Crippen LogP contribution is -2.25. The predicted molar refractivity (Wildman–Crippen MR) is 128 cm³/mol. The molecule has 2 N–H and O–H groups in total. The fraction of sp³-hybridized carbons (Fsp3) is 0.167. The molecule has 0 saturated carbocycles. The average Bonchev–Trinajstić information content (AvgIpc) is 3.31. The Bertz CT molecular complexity index is 1150. The van der Waals surface area contributed by atoms with E-state index >= 15 is 0 Å². The summed E-state index contributed by atoms with van der Waals surface area (Å²) in [5.41, 5.74) is 5.05. The number of amides is 1. The summed E-state index contributed by atoms with van der Waals surface area (Å²) in [6.07, 6.45) is 1.54. The van der Waals surface area contributed by atoms with Crippen molar-refractivity contribution in [2.24, 2.45) is 5.10 Å². The molecule has 4 rings (SSSR count). The Kier molecular flexibility index (Phi) is 7.31. The van der Waals surface area contributed by atoms with Gasteiger partial charge < -0.3 is 24.3 Å². The van der Waals surface area contributed by atoms with Gasteiger partial charge in [-0.3, -0.25) is 4.79 Å². The van der Waals surface area contributed by atoms with Crippen molar-refractivity contribution in [3.05, 3.63) is 76.3 Å². The number of fused-ring (bicyclic) bond motifs is 1. The number of benzene rings is 3. The molecule has 0 saturated heterocycles. The van der Waals surface area contributed by atoms with E-state index in [0.29, 0.717) is 29.6 Å². The third-order valence-corrected chi connectivity index (χ3v) is 5.25. The van der Waals surface area contributed by atoms with Crippen molar-refractivity contribution in [1.29, 1.82) is 0 Å². The van der Waals surface area contributed by atoms with Gasteiger partial charge in [0.1, 0.15) is 6.61 Å². The Morgan fingerprint density at radius 2 is 1.88 bits per heavy atom. The normalized spacial score (nSPS) is 11.9. The fourth-order valence-corrected chi connectivity index (χ4v) is 3.30. The molecular formula is C24H22BrN3O5. The van der Waals surface area contributed by atoms with E-state index < -0.39 is 0 Å². The summed E-state index contributed by atoms with van der Waals surface area (Å²) in [7, 11) is 1.58. The van der Waals surface area contributed by atoms with Gasteiger partial charge in [-0.15, -0.1) is 0 Å². The molecule has 9 heteroatoms. The number of anilines is 1. The molecule has 1 aliphatic rings. The third-order valence-electron chi connectivity index (χ3n) is 4.72. The van der Waals surface area contributed by atoms with E-state index in [4.69, 9.17) is 18.9 Å². The first-order valence-corrected chi connectivity index (χ1v) is 10.9. The lowest BCUT2D eigenvalue weighted by atomic mass is 10.2. The second-order valence-corrected chi connectivity index (χ2v) is 7.96. The van der Waals surface area contributed by atoms with E-state index in [1.165, 1.54) is 0 Å². The molecule has 0 spiro atoms. The first-order chi connectivity index (χ1) is 16.1. The maximum Gasteiger partial charge on any atom is 0.259 e. The number of halogens is 1. The van der Waals surface area contributed by atoms with Gasteiger partial charge in [0.2, 0.25) is 6.79 Å². The van der Waals surface area contributed by atoms with Crippen molar-refractivity contribution in [3.8, 4) is 23.0 Å². The van der Waals surface area contributed by atoms with Gasteiger partial charge in [-0.05, 0) is 53.6 Å². The number of nitrogens with zero attached hydrogens (tertiary/aromatic N) is 1. The molecule has 0 unspecified atom stereocenters. The average molecular weight is 512 g/mol. The number of ether oxygens (including phenoxy) is 4. The molecule has 1 aliphatic heterocycles. The maximum atomic E-state index is 12.1. The van der Waals surface area contributed by atoms with Crippen LogP contribution in [0.2, 0.25) is 0 Å². The van der Waals surface area contributed by atoms with Gasteiger partial charge in [0.05, 0.1) is 19.9 Å². The minimum atomic E-state index is -0.287. The van der Waals surface area contributed by atoms with Crippen molar-refractivity contribution in [1.82, 2.24) is 5.43 Å². The van der Waals surface area contributed by atoms with Gasteiger partial charge >= 0.3 is 0 Å². The van der Waals surface area contributed by atoms with Crippen molar-refractivity contribution in [2.75, 3.05) is 25.8 Å². The topological polar surface area (TPSA) is 90.4 Å². The molecule has 0 radical (unpaired) electrons. The minimum Gasteiger partial charge on any atom is -0.493 e. The number of hydrogen-bond donors (Lipinski definition) is 2. The van der Waals surface area contributed by atoms with Crippen LogP contribution >= 0.6 is 15.9 Å². The van der Waals surface area contributed by atoms with E-state index in [1.54, 1.807) is 31.5 Å². The number of carbonyl (C=O) groups excluding carboxylic acids is 1. The Balaban J connectivity index is 1.27. The molecule has 33 heavy (non-hydrogen) atoms. The molecule has 170 valence electrons. The van der Waals surface area contributed by atoms with Gasteiger partial charge in [-0.1, -0.05) is 28.1 Å². The Hall–Kier alpha value is -3.72. The highest BCUT2D eigenvalue weighted by Crippen LogP contribution is 2.34. The monoisotopic (exact) mass is 511 g/mol. The van der Waals surface area contributed by atoms with Gasteiger partial charge in [0, 0.05) is 16.2 Å². The second kappa shape index (κ2) is 10.7. The standard InChI is InChI=1S/C24H22BrN3O5/c1-30-22-10-17(4-8-20(22)31-14-16-2-5-18(25)6-3-16)12-27-28-24(29)13-26-19-7-9-21-23(11-19)33-15-32-21/h2-12,26H,13-15H2,1H3,(H,28,29)/b27-12-. The summed E-state index contributed by atoms with van der Waals surface area (Å²) in [6.45, 7) is 0.684. The highest BCUT2D eigenvalue weighted by Gasteiger charge is 2.13. The Morgan fingerprint density at radius 3 is 2.70 bits per heavy atom. The Labute approximate surface area is 199 Å². The molecule has 3 aromatic rings. The largest absolute Gasteiger partial charge is 0.493 e. The second-order valence-electron chi connectivity index (χ2n) is 7.04. The molecule has 0 aliphatic carbocycles. The first-order valence-electron chi connectivity index (χ1n) is 10.1. The van der Waals surface area contributed by atoms with Crippen LogP contribution in [0.25, 0.3) is 0 Å². The quantitative estimate of drug-likeness (QED) is 0.328. The zero-order valence-corrected chi connectivity index (χ0v) is 19.4. The fourth-order valence-electron chi connectivity index (χ4n) is 3.03. The molecule has 3 aromatic carbocycles. The van der Waals surface area contributed by atoms with Crippen molar-refractivity contribution >= 4 is 33.7 Å². The molecule has 1 heterocycles. The van der Waals surface area contributed by atoms with Crippen LogP contribution in [0.3, 0.4) is 0 Å². The first kappa shape index (κ1) is 22.5. The zero-order chi connectivity index (χ0) is 23.0. The van der Waals surface area contributed by atoms with Crippen LogP contribution in [0.15, 0.2) is 70.2 Å². The number of rotatable bonds is 9. The maximum absolute atomic E-state index is 12.1. The number of carbonyl (C=O) groups is 1. The molecule has 0 aromatic heterocycles. The number of nitrogens with one attached hydrogen (secondary N) is 2. The Morgan fingerprint density at radius 1 is 1.06 bits per heavy atom. The van der Waals surface area contributed by atoms with Gasteiger partial charge in [0.15, 0.2) is 23.0 Å². The van der Waals surface area contributed by atoms with Crippen LogP contribution < -0.4 is 29.7 Å². The zero-order valence-electron chi connectivity index (χ0n) is 17.8. The summed E-state index contributed by atoms with van der Waals surface area (Å²) in [6, 6.07) is 18.7. The molecule has 0 fully saturated rings. The summed E-state index contributed by atoms with van der Waals surface area (Å²) < 4.78 is 22.9. The van der Waals surface area contributed by atoms with E-state index in [0.717, 1.165) is 21.3 Å². The lowest BCUT2D eigenvalue weighted by molar-refractivity contribution is -0.119. The molecule has 0 bridgehead atoms. The van der Waals surface area contributed by atoms with Crippen LogP contribution in [0.1, 0.15) is 11.1 Å². The van der Waals surface area contributed by atoms with Crippen LogP contribution in [-0.4, -0.2) is 32.6 Å². The minimum absolute atomic E-state index is 0.0587. The van der Waals surface area contributed by atoms with Crippen LogP contribution in [0.5, 0.6) is 23.0 Å². The van der Waals surface area contributed by atoms with Gasteiger partial charge in [-0.2, -0.15) is 5.10 Å². The van der Waals surface area contributed by atoms with Crippen LogP contribution in [0, 0.1) is 0 Å². The molecule has 0 atom stereocenters. The number of methoxy groups -OCH3 is 1. The van der Waals surface area contributed by atoms with Gasteiger partial charge in [-0.25, -0.2) is 5.43 Å². The number of hydrogen-bond acceptors (Lipinski definition) is 7. The summed E-state index contributed by atoms with van der Waals surface area (Å²) in [5, 5.41) is 7.03. The summed E-state index contributed by atoms with van der Waals surface area (Å²) in [4.78, 5) is 12.1. The van der Waals surface area contributed by atoms with Crippen molar-refractivity contribution < 1.29 is 23.7 Å². The SMILES string of the molecule is COc1cc(/C=N\NC(=O)CNc2ccc3c(c2)OCO3)ccc1OCc1ccc(Br)cc1. The molecule has 1 amide bonds. The van der Waals surface area contributed by atoms with Crippen LogP contribution in [-0.2, 0) is 11.4 Å². The van der Waals surface area contributed by atoms with Crippen molar-refractivity contribution in [3.63, 3.8) is 0 Å². The summed E-state index contributed by atoms with van der Waals surface area (Å²) >= 11 is 3.42. The van der Waals surface area contributed by atoms with Gasteiger partial charge in [0.25, 0.3) is 5.91 Å². The van der Waals surface area contributed by atoms with E-state index in [2.05, 4.69) is 31.8 Å². The highest BCUT2D eigenvalue weighted by molar-refractivity contribution is 9.10. The van der Waals surface area contributed by atoms with E-state index in [-0.39, 0.29) is 19.2 Å². The predicted octanol–water partition coefficient (Wildman–Crippen LogP) is 4.33. The molecular weight excluding hydrogens is 490 g/mol.